The molecule has 0 fully saturated rings. The molecule has 0 aliphatic rings. The minimum atomic E-state index is -0.448. The van der Waals surface area contributed by atoms with E-state index in [4.69, 9.17) is 14.2 Å². The molecule has 6 nitrogen and oxygen atoms in total. The van der Waals surface area contributed by atoms with Crippen LogP contribution < -0.4 is 19.5 Å². The van der Waals surface area contributed by atoms with Crippen LogP contribution in [-0.2, 0) is 11.3 Å². The van der Waals surface area contributed by atoms with E-state index < -0.39 is 5.91 Å². The summed E-state index contributed by atoms with van der Waals surface area (Å²) >= 11 is 0. The van der Waals surface area contributed by atoms with Gasteiger partial charge < -0.3 is 19.5 Å². The molecule has 0 bridgehead atoms. The second kappa shape index (κ2) is 10.4. The first kappa shape index (κ1) is 22.8. The van der Waals surface area contributed by atoms with Crippen molar-refractivity contribution in [2.75, 3.05) is 21.3 Å². The van der Waals surface area contributed by atoms with Gasteiger partial charge in [-0.15, -0.1) is 0 Å². The molecule has 158 valence electrons. The van der Waals surface area contributed by atoms with E-state index in [-0.39, 0.29) is 18.0 Å². The molecule has 0 aliphatic carbocycles. The van der Waals surface area contributed by atoms with Crippen molar-refractivity contribution in [2.45, 2.75) is 33.2 Å². The zero-order valence-corrected chi connectivity index (χ0v) is 18.3. The number of methoxy groups -OCH3 is 3. The molecular weight excluding hydrogens is 380 g/mol. The summed E-state index contributed by atoms with van der Waals surface area (Å²) < 4.78 is 16.0. The van der Waals surface area contributed by atoms with Crippen molar-refractivity contribution in [3.63, 3.8) is 0 Å². The van der Waals surface area contributed by atoms with Crippen LogP contribution in [-0.4, -0.2) is 27.2 Å². The molecule has 0 radical (unpaired) electrons. The first-order valence-corrected chi connectivity index (χ1v) is 9.64. The highest BCUT2D eigenvalue weighted by Crippen LogP contribution is 2.30. The predicted octanol–water partition coefficient (Wildman–Crippen LogP) is 4.37. The summed E-state index contributed by atoms with van der Waals surface area (Å²) in [6.07, 6.45) is 1.61. The molecule has 2 aromatic rings. The van der Waals surface area contributed by atoms with Crippen LogP contribution in [0.15, 0.2) is 35.9 Å². The van der Waals surface area contributed by atoms with Gasteiger partial charge in [0.1, 0.15) is 28.9 Å². The third-order valence-electron chi connectivity index (χ3n) is 4.84. The average molecular weight is 408 g/mol. The minimum absolute atomic E-state index is 0.0328. The monoisotopic (exact) mass is 408 g/mol. The van der Waals surface area contributed by atoms with Gasteiger partial charge in [0.2, 0.25) is 0 Å². The van der Waals surface area contributed by atoms with Crippen molar-refractivity contribution in [1.29, 1.82) is 5.26 Å². The Morgan fingerprint density at radius 2 is 1.80 bits per heavy atom. The number of carbonyl (C=O) groups excluding carboxylic acids is 1. The van der Waals surface area contributed by atoms with Crippen molar-refractivity contribution < 1.29 is 19.0 Å². The molecular formula is C24H28N2O4. The normalized spacial score (nSPS) is 11.1. The minimum Gasteiger partial charge on any atom is -0.497 e. The summed E-state index contributed by atoms with van der Waals surface area (Å²) in [5, 5.41) is 12.3. The summed E-state index contributed by atoms with van der Waals surface area (Å²) in [5.41, 5.74) is 3.58. The molecule has 30 heavy (non-hydrogen) atoms. The Morgan fingerprint density at radius 1 is 1.10 bits per heavy atom. The number of hydrogen-bond acceptors (Lipinski definition) is 5. The molecule has 0 spiro atoms. The maximum absolute atomic E-state index is 12.6. The number of nitrogens with zero attached hydrogens (tertiary/aromatic N) is 1. The summed E-state index contributed by atoms with van der Waals surface area (Å²) in [4.78, 5) is 12.6. The second-order valence-electron chi connectivity index (χ2n) is 7.14. The Bertz CT molecular complexity index is 987. The molecule has 1 N–H and O–H groups in total. The Kier molecular flexibility index (Phi) is 7.88. The first-order chi connectivity index (χ1) is 14.3. The number of hydrogen-bond donors (Lipinski definition) is 1. The Balaban J connectivity index is 2.26. The highest BCUT2D eigenvalue weighted by molar-refractivity contribution is 6.01. The molecule has 1 amide bonds. The fourth-order valence-corrected chi connectivity index (χ4v) is 3.07. The van der Waals surface area contributed by atoms with E-state index in [9.17, 15) is 10.1 Å². The van der Waals surface area contributed by atoms with E-state index in [0.717, 1.165) is 28.0 Å². The van der Waals surface area contributed by atoms with Crippen LogP contribution in [0.1, 0.15) is 42.0 Å². The summed E-state index contributed by atoms with van der Waals surface area (Å²) in [6.45, 7) is 6.29. The van der Waals surface area contributed by atoms with E-state index >= 15 is 0 Å². The third kappa shape index (κ3) is 5.32. The summed E-state index contributed by atoms with van der Waals surface area (Å²) in [5.74, 6) is 1.86. The molecule has 0 atom stereocenters. The lowest BCUT2D eigenvalue weighted by molar-refractivity contribution is -0.117. The maximum atomic E-state index is 12.6. The standard InChI is InChI=1S/C24H28N2O4/c1-15(2)21-11-18(16(3)9-23(21)30-6)10-19(13-25)24(27)26-14-17-7-8-20(28-4)12-22(17)29-5/h7-12,15H,14H2,1-6H3,(H,26,27)/b19-10+. The SMILES string of the molecule is COc1ccc(CNC(=O)/C(C#N)=C/c2cc(C(C)C)c(OC)cc2C)c(OC)c1. The van der Waals surface area contributed by atoms with Crippen LogP contribution in [0.2, 0.25) is 0 Å². The van der Waals surface area contributed by atoms with E-state index in [1.807, 2.05) is 31.2 Å². The van der Waals surface area contributed by atoms with E-state index in [0.29, 0.717) is 11.5 Å². The van der Waals surface area contributed by atoms with Crippen molar-refractivity contribution >= 4 is 12.0 Å². The molecule has 0 saturated heterocycles. The van der Waals surface area contributed by atoms with Gasteiger partial charge in [-0.2, -0.15) is 5.26 Å². The molecule has 0 saturated carbocycles. The molecule has 0 heterocycles. The van der Waals surface area contributed by atoms with Crippen molar-refractivity contribution in [3.05, 3.63) is 58.2 Å². The lowest BCUT2D eigenvalue weighted by Crippen LogP contribution is -2.24. The van der Waals surface area contributed by atoms with Crippen LogP contribution in [0.25, 0.3) is 6.08 Å². The summed E-state index contributed by atoms with van der Waals surface area (Å²) in [6, 6.07) is 11.3. The number of rotatable bonds is 8. The number of nitriles is 1. The number of ether oxygens (including phenoxy) is 3. The first-order valence-electron chi connectivity index (χ1n) is 9.64. The maximum Gasteiger partial charge on any atom is 0.262 e. The smallest absolute Gasteiger partial charge is 0.262 e. The molecule has 2 rings (SSSR count). The largest absolute Gasteiger partial charge is 0.497 e. The lowest BCUT2D eigenvalue weighted by Gasteiger charge is -2.15. The van der Waals surface area contributed by atoms with Gasteiger partial charge in [-0.25, -0.2) is 0 Å². The van der Waals surface area contributed by atoms with Crippen LogP contribution in [0.3, 0.4) is 0 Å². The average Bonchev–Trinajstić information content (AvgIpc) is 2.75. The zero-order valence-electron chi connectivity index (χ0n) is 18.3. The van der Waals surface area contributed by atoms with Gasteiger partial charge in [0.15, 0.2) is 0 Å². The van der Waals surface area contributed by atoms with Crippen molar-refractivity contribution in [2.24, 2.45) is 0 Å². The van der Waals surface area contributed by atoms with Gasteiger partial charge in [0, 0.05) is 18.2 Å². The van der Waals surface area contributed by atoms with Gasteiger partial charge in [-0.3, -0.25) is 4.79 Å². The Morgan fingerprint density at radius 3 is 2.37 bits per heavy atom. The fraction of sp³-hybridized carbons (Fsp3) is 0.333. The number of benzene rings is 2. The van der Waals surface area contributed by atoms with Crippen molar-refractivity contribution in [1.82, 2.24) is 5.32 Å². The Hall–Kier alpha value is -3.46. The third-order valence-corrected chi connectivity index (χ3v) is 4.84. The highest BCUT2D eigenvalue weighted by Gasteiger charge is 2.14. The topological polar surface area (TPSA) is 80.6 Å². The van der Waals surface area contributed by atoms with Gasteiger partial charge in [-0.05, 0) is 59.9 Å². The lowest BCUT2D eigenvalue weighted by atomic mass is 9.95. The van der Waals surface area contributed by atoms with Gasteiger partial charge in [-0.1, -0.05) is 13.8 Å². The highest BCUT2D eigenvalue weighted by atomic mass is 16.5. The summed E-state index contributed by atoms with van der Waals surface area (Å²) in [7, 11) is 4.77. The number of aryl methyl sites for hydroxylation is 1. The zero-order chi connectivity index (χ0) is 22.3. The van der Waals surface area contributed by atoms with Gasteiger partial charge in [0.25, 0.3) is 5.91 Å². The predicted molar refractivity (Wildman–Crippen MR) is 117 cm³/mol. The molecule has 0 unspecified atom stereocenters. The van der Waals surface area contributed by atoms with E-state index in [1.54, 1.807) is 39.5 Å². The Labute approximate surface area is 178 Å². The molecule has 6 heteroatoms. The molecule has 0 aliphatic heterocycles. The van der Waals surface area contributed by atoms with E-state index in [1.165, 1.54) is 0 Å². The van der Waals surface area contributed by atoms with Crippen LogP contribution in [0, 0.1) is 18.3 Å². The van der Waals surface area contributed by atoms with Gasteiger partial charge in [0.05, 0.1) is 21.3 Å². The van der Waals surface area contributed by atoms with Crippen LogP contribution in [0.4, 0.5) is 0 Å². The number of amides is 1. The van der Waals surface area contributed by atoms with Crippen LogP contribution in [0.5, 0.6) is 17.2 Å². The molecule has 0 aromatic heterocycles. The van der Waals surface area contributed by atoms with E-state index in [2.05, 4.69) is 19.2 Å². The number of carbonyl (C=O) groups is 1. The van der Waals surface area contributed by atoms with Gasteiger partial charge >= 0.3 is 0 Å². The van der Waals surface area contributed by atoms with Crippen molar-refractivity contribution in [3.8, 4) is 23.3 Å². The fourth-order valence-electron chi connectivity index (χ4n) is 3.07. The molecule has 2 aromatic carbocycles. The second-order valence-corrected chi connectivity index (χ2v) is 7.14. The number of nitrogens with one attached hydrogen (secondary N) is 1. The van der Waals surface area contributed by atoms with Crippen LogP contribution >= 0.6 is 0 Å². The quantitative estimate of drug-likeness (QED) is 0.518.